The maximum atomic E-state index is 12.5. The second-order valence-corrected chi connectivity index (χ2v) is 10.8. The summed E-state index contributed by atoms with van der Waals surface area (Å²) in [7, 11) is -3.53. The summed E-state index contributed by atoms with van der Waals surface area (Å²) in [6.45, 7) is 6.49. The van der Waals surface area contributed by atoms with Crippen molar-refractivity contribution in [2.45, 2.75) is 13.3 Å². The van der Waals surface area contributed by atoms with Crippen molar-refractivity contribution in [3.05, 3.63) is 48.7 Å². The lowest BCUT2D eigenvalue weighted by atomic mass is 9.99. The van der Waals surface area contributed by atoms with E-state index < -0.39 is 10.0 Å². The number of ether oxygens (including phenoxy) is 2. The van der Waals surface area contributed by atoms with E-state index in [0.29, 0.717) is 53.8 Å². The molecule has 190 valence electrons. The van der Waals surface area contributed by atoms with Gasteiger partial charge in [0.25, 0.3) is 0 Å². The molecule has 0 aliphatic carbocycles. The topological polar surface area (TPSA) is 119 Å². The van der Waals surface area contributed by atoms with E-state index in [9.17, 15) is 8.42 Å². The Morgan fingerprint density at radius 1 is 1.03 bits per heavy atom. The van der Waals surface area contributed by atoms with E-state index in [1.807, 2.05) is 19.1 Å². The summed E-state index contributed by atoms with van der Waals surface area (Å²) in [5.41, 5.74) is 11.1. The molecule has 1 fully saturated rings. The van der Waals surface area contributed by atoms with E-state index in [-0.39, 0.29) is 5.75 Å². The molecule has 1 saturated heterocycles. The minimum atomic E-state index is -3.53. The zero-order valence-corrected chi connectivity index (χ0v) is 21.1. The SMILES string of the molecule is CCCS(=O)(=O)Nc1cc(-c2cc(-c3ccc(N4CCNCC4)cc3)cnc2N)cc2c1OCCO2. The Hall–Kier alpha value is -3.50. The van der Waals surface area contributed by atoms with Gasteiger partial charge in [-0.2, -0.15) is 0 Å². The molecule has 4 N–H and O–H groups in total. The van der Waals surface area contributed by atoms with Gasteiger partial charge in [0.15, 0.2) is 11.5 Å². The molecular formula is C26H31N5O4S. The molecule has 2 aliphatic rings. The van der Waals surface area contributed by atoms with E-state index in [0.717, 1.165) is 37.3 Å². The summed E-state index contributed by atoms with van der Waals surface area (Å²) >= 11 is 0. The average molecular weight is 510 g/mol. The highest BCUT2D eigenvalue weighted by atomic mass is 32.2. The Labute approximate surface area is 211 Å². The Morgan fingerprint density at radius 3 is 2.53 bits per heavy atom. The molecule has 2 aromatic carbocycles. The number of aromatic nitrogens is 1. The van der Waals surface area contributed by atoms with E-state index in [4.69, 9.17) is 15.2 Å². The molecule has 0 amide bonds. The van der Waals surface area contributed by atoms with Crippen molar-refractivity contribution in [1.82, 2.24) is 10.3 Å². The normalized spacial score (nSPS) is 15.5. The smallest absolute Gasteiger partial charge is 0.232 e. The van der Waals surface area contributed by atoms with Gasteiger partial charge in [0.05, 0.1) is 11.4 Å². The van der Waals surface area contributed by atoms with Gasteiger partial charge in [-0.25, -0.2) is 13.4 Å². The van der Waals surface area contributed by atoms with Crippen LogP contribution in [0, 0.1) is 0 Å². The molecule has 0 unspecified atom stereocenters. The molecule has 5 rings (SSSR count). The number of anilines is 3. The molecule has 2 aliphatic heterocycles. The summed E-state index contributed by atoms with van der Waals surface area (Å²) in [5.74, 6) is 1.21. The van der Waals surface area contributed by atoms with Gasteiger partial charge in [-0.15, -0.1) is 0 Å². The van der Waals surface area contributed by atoms with Crippen LogP contribution in [0.4, 0.5) is 17.2 Å². The van der Waals surface area contributed by atoms with Gasteiger partial charge in [-0.1, -0.05) is 19.1 Å². The fourth-order valence-electron chi connectivity index (χ4n) is 4.52. The van der Waals surface area contributed by atoms with Crippen molar-refractivity contribution in [2.24, 2.45) is 0 Å². The molecule has 0 radical (unpaired) electrons. The van der Waals surface area contributed by atoms with Crippen LogP contribution in [0.25, 0.3) is 22.3 Å². The number of nitrogen functional groups attached to an aromatic ring is 1. The number of fused-ring (bicyclic) bond motifs is 1. The summed E-state index contributed by atoms with van der Waals surface area (Å²) in [6, 6.07) is 13.9. The first kappa shape index (κ1) is 24.2. The van der Waals surface area contributed by atoms with Crippen molar-refractivity contribution in [3.63, 3.8) is 0 Å². The number of nitrogens with one attached hydrogen (secondary N) is 2. The number of hydrogen-bond acceptors (Lipinski definition) is 8. The van der Waals surface area contributed by atoms with Gasteiger partial charge in [0, 0.05) is 49.2 Å². The third-order valence-corrected chi connectivity index (χ3v) is 7.77. The van der Waals surface area contributed by atoms with Crippen LogP contribution >= 0.6 is 0 Å². The minimum absolute atomic E-state index is 0.00989. The Kier molecular flexibility index (Phi) is 6.88. The summed E-state index contributed by atoms with van der Waals surface area (Å²) < 4.78 is 39.3. The zero-order valence-electron chi connectivity index (χ0n) is 20.3. The van der Waals surface area contributed by atoms with Crippen LogP contribution < -0.4 is 30.1 Å². The van der Waals surface area contributed by atoms with Gasteiger partial charge in [-0.05, 0) is 47.9 Å². The van der Waals surface area contributed by atoms with Gasteiger partial charge in [0.1, 0.15) is 19.0 Å². The lowest BCUT2D eigenvalue weighted by molar-refractivity contribution is 0.173. The van der Waals surface area contributed by atoms with Crippen LogP contribution in [0.15, 0.2) is 48.7 Å². The lowest BCUT2D eigenvalue weighted by Gasteiger charge is -2.29. The van der Waals surface area contributed by atoms with E-state index in [2.05, 4.69) is 44.2 Å². The maximum absolute atomic E-state index is 12.5. The number of nitrogens with two attached hydrogens (primary N) is 1. The summed E-state index contributed by atoms with van der Waals surface area (Å²) in [4.78, 5) is 6.80. The zero-order chi connectivity index (χ0) is 25.1. The molecule has 10 heteroatoms. The molecule has 0 bridgehead atoms. The third kappa shape index (κ3) is 5.19. The fraction of sp³-hybridized carbons (Fsp3) is 0.346. The van der Waals surface area contributed by atoms with Crippen LogP contribution in [0.3, 0.4) is 0 Å². The number of piperazine rings is 1. The molecule has 1 aromatic heterocycles. The number of pyridine rings is 1. The highest BCUT2D eigenvalue weighted by Crippen LogP contribution is 2.43. The molecule has 0 spiro atoms. The first-order valence-electron chi connectivity index (χ1n) is 12.2. The maximum Gasteiger partial charge on any atom is 0.232 e. The Morgan fingerprint density at radius 2 is 1.78 bits per heavy atom. The summed E-state index contributed by atoms with van der Waals surface area (Å²) in [5, 5.41) is 3.37. The number of nitrogens with zero attached hydrogens (tertiary/aromatic N) is 2. The van der Waals surface area contributed by atoms with Gasteiger partial charge < -0.3 is 25.4 Å². The predicted molar refractivity (Wildman–Crippen MR) is 143 cm³/mol. The van der Waals surface area contributed by atoms with Crippen molar-refractivity contribution < 1.29 is 17.9 Å². The van der Waals surface area contributed by atoms with Crippen LogP contribution in [-0.4, -0.2) is 58.5 Å². The predicted octanol–water partition coefficient (Wildman–Crippen LogP) is 3.33. The Balaban J connectivity index is 1.50. The van der Waals surface area contributed by atoms with Crippen LogP contribution in [-0.2, 0) is 10.0 Å². The minimum Gasteiger partial charge on any atom is -0.486 e. The molecular weight excluding hydrogens is 478 g/mol. The van der Waals surface area contributed by atoms with Crippen molar-refractivity contribution in [1.29, 1.82) is 0 Å². The van der Waals surface area contributed by atoms with Crippen molar-refractivity contribution in [3.8, 4) is 33.8 Å². The fourth-order valence-corrected chi connectivity index (χ4v) is 5.65. The van der Waals surface area contributed by atoms with Crippen LogP contribution in [0.5, 0.6) is 11.5 Å². The third-order valence-electron chi connectivity index (χ3n) is 6.29. The average Bonchev–Trinajstić information content (AvgIpc) is 2.89. The highest BCUT2D eigenvalue weighted by Gasteiger charge is 2.22. The Bertz CT molecular complexity index is 1340. The number of sulfonamides is 1. The highest BCUT2D eigenvalue weighted by molar-refractivity contribution is 7.92. The molecule has 36 heavy (non-hydrogen) atoms. The van der Waals surface area contributed by atoms with Crippen LogP contribution in [0.2, 0.25) is 0 Å². The van der Waals surface area contributed by atoms with Crippen molar-refractivity contribution in [2.75, 3.05) is 60.5 Å². The van der Waals surface area contributed by atoms with E-state index in [1.54, 1.807) is 12.3 Å². The van der Waals surface area contributed by atoms with Gasteiger partial charge >= 0.3 is 0 Å². The molecule has 3 heterocycles. The number of hydrogen-bond donors (Lipinski definition) is 3. The lowest BCUT2D eigenvalue weighted by Crippen LogP contribution is -2.43. The van der Waals surface area contributed by atoms with Gasteiger partial charge in [0.2, 0.25) is 10.0 Å². The quantitative estimate of drug-likeness (QED) is 0.444. The monoisotopic (exact) mass is 509 g/mol. The van der Waals surface area contributed by atoms with Gasteiger partial charge in [-0.3, -0.25) is 4.72 Å². The summed E-state index contributed by atoms with van der Waals surface area (Å²) in [6.07, 6.45) is 2.25. The number of benzene rings is 2. The van der Waals surface area contributed by atoms with Crippen LogP contribution in [0.1, 0.15) is 13.3 Å². The second kappa shape index (κ2) is 10.2. The second-order valence-electron chi connectivity index (χ2n) is 8.91. The van der Waals surface area contributed by atoms with Crippen molar-refractivity contribution >= 4 is 27.2 Å². The van der Waals surface area contributed by atoms with E-state index in [1.165, 1.54) is 5.69 Å². The molecule has 3 aromatic rings. The molecule has 0 saturated carbocycles. The first-order chi connectivity index (χ1) is 17.4. The molecule has 9 nitrogen and oxygen atoms in total. The standard InChI is InChI=1S/C26H31N5O4S/c1-2-13-36(32,33)30-23-15-19(16-24-25(23)35-12-11-34-24)22-14-20(17-29-26(22)27)18-3-5-21(6-4-18)31-9-7-28-8-10-31/h3-6,14-17,28,30H,2,7-13H2,1H3,(H2,27,29). The largest absolute Gasteiger partial charge is 0.486 e. The van der Waals surface area contributed by atoms with E-state index >= 15 is 0 Å². The molecule has 0 atom stereocenters. The number of rotatable bonds is 7. The first-order valence-corrected chi connectivity index (χ1v) is 13.8.